The molecule has 8 nitrogen and oxygen atoms in total. The maximum absolute atomic E-state index is 13.5. The first-order valence-corrected chi connectivity index (χ1v) is 11.9. The van der Waals surface area contributed by atoms with Gasteiger partial charge in [-0.15, -0.1) is 0 Å². The summed E-state index contributed by atoms with van der Waals surface area (Å²) in [5.74, 6) is -0.806. The summed E-state index contributed by atoms with van der Waals surface area (Å²) in [6.45, 7) is 0.462. The number of hydrogen-bond acceptors (Lipinski definition) is 6. The quantitative estimate of drug-likeness (QED) is 0.398. The minimum absolute atomic E-state index is 0.0266. The Morgan fingerprint density at radius 2 is 2.00 bits per heavy atom. The number of aliphatic hydroxyl groups is 2. The summed E-state index contributed by atoms with van der Waals surface area (Å²) < 4.78 is 18.9. The molecule has 1 aromatic carbocycles. The Kier molecular flexibility index (Phi) is 7.14. The van der Waals surface area contributed by atoms with Crippen LogP contribution in [0.15, 0.2) is 18.2 Å². The van der Waals surface area contributed by atoms with Gasteiger partial charge >= 0.3 is 0 Å². The largest absolute Gasteiger partial charge is 0.484 e. The van der Waals surface area contributed by atoms with Crippen molar-refractivity contribution >= 4 is 23.4 Å². The van der Waals surface area contributed by atoms with Gasteiger partial charge in [0.25, 0.3) is 5.91 Å². The van der Waals surface area contributed by atoms with Gasteiger partial charge in [0.1, 0.15) is 11.6 Å². The number of nitrogens with one attached hydrogen (secondary N) is 3. The Morgan fingerprint density at radius 1 is 1.24 bits per heavy atom. The molecule has 5 N–H and O–H groups in total. The maximum atomic E-state index is 13.5. The number of aliphatic hydroxyl groups excluding tert-OH is 2. The minimum Gasteiger partial charge on any atom is -0.484 e. The highest BCUT2D eigenvalue weighted by atomic mass is 35.5. The molecule has 4 aliphatic rings. The molecule has 182 valence electrons. The van der Waals surface area contributed by atoms with Crippen LogP contribution in [0.3, 0.4) is 0 Å². The van der Waals surface area contributed by atoms with Crippen molar-refractivity contribution in [2.75, 3.05) is 19.8 Å². The van der Waals surface area contributed by atoms with Crippen molar-refractivity contribution in [3.8, 4) is 5.75 Å². The Bertz CT molecular complexity index is 893. The van der Waals surface area contributed by atoms with Crippen LogP contribution >= 0.6 is 11.6 Å². The van der Waals surface area contributed by atoms with E-state index in [-0.39, 0.29) is 41.9 Å². The predicted octanol–water partition coefficient (Wildman–Crippen LogP) is 1.27. The van der Waals surface area contributed by atoms with Crippen molar-refractivity contribution in [1.29, 1.82) is 0 Å². The molecule has 3 aliphatic carbocycles. The van der Waals surface area contributed by atoms with Gasteiger partial charge in [0.15, 0.2) is 6.61 Å². The zero-order valence-electron chi connectivity index (χ0n) is 18.4. The molecule has 3 atom stereocenters. The average molecular weight is 484 g/mol. The van der Waals surface area contributed by atoms with Crippen LogP contribution in [0.25, 0.3) is 0 Å². The summed E-state index contributed by atoms with van der Waals surface area (Å²) in [6, 6.07) is 3.61. The number of hydrogen-bond donors (Lipinski definition) is 5. The van der Waals surface area contributed by atoms with Gasteiger partial charge in [0, 0.05) is 18.2 Å². The molecule has 2 bridgehead atoms. The molecule has 1 aliphatic heterocycles. The van der Waals surface area contributed by atoms with E-state index in [9.17, 15) is 24.2 Å². The number of amides is 2. The van der Waals surface area contributed by atoms with E-state index in [1.165, 1.54) is 12.1 Å². The van der Waals surface area contributed by atoms with E-state index in [1.807, 2.05) is 0 Å². The molecule has 0 spiro atoms. The Balaban J connectivity index is 1.30. The second kappa shape index (κ2) is 9.74. The summed E-state index contributed by atoms with van der Waals surface area (Å²) in [6.07, 6.45) is 3.37. The topological polar surface area (TPSA) is 120 Å². The highest BCUT2D eigenvalue weighted by Gasteiger charge is 2.55. The zero-order valence-corrected chi connectivity index (χ0v) is 19.2. The average Bonchev–Trinajstić information content (AvgIpc) is 2.81. The third kappa shape index (κ3) is 5.26. The van der Waals surface area contributed by atoms with Crippen molar-refractivity contribution in [3.63, 3.8) is 0 Å². The molecule has 2 unspecified atom stereocenters. The summed E-state index contributed by atoms with van der Waals surface area (Å²) >= 11 is 5.65. The second-order valence-corrected chi connectivity index (χ2v) is 10.0. The van der Waals surface area contributed by atoms with Gasteiger partial charge < -0.3 is 30.9 Å². The van der Waals surface area contributed by atoms with Crippen LogP contribution in [0.2, 0.25) is 5.02 Å². The molecule has 3 saturated carbocycles. The summed E-state index contributed by atoms with van der Waals surface area (Å²) in [7, 11) is 0. The smallest absolute Gasteiger partial charge is 0.258 e. The zero-order chi connectivity index (χ0) is 23.6. The SMILES string of the molecule is O=C(COc1ccc(Cl)c(F)c1)NC12CCC(NC(=O)C3CC(CO)CCN3)(CC1)C[C@@H]2O. The number of carbonyl (C=O) groups excluding carboxylic acids is 2. The lowest BCUT2D eigenvalue weighted by atomic mass is 9.59. The third-order valence-corrected chi connectivity index (χ3v) is 7.75. The predicted molar refractivity (Wildman–Crippen MR) is 119 cm³/mol. The molecule has 1 saturated heterocycles. The molecule has 33 heavy (non-hydrogen) atoms. The minimum atomic E-state index is -0.804. The van der Waals surface area contributed by atoms with Crippen LogP contribution in [-0.4, -0.2) is 65.0 Å². The Morgan fingerprint density at radius 3 is 2.67 bits per heavy atom. The van der Waals surface area contributed by atoms with Gasteiger partial charge in [-0.1, -0.05) is 11.6 Å². The maximum Gasteiger partial charge on any atom is 0.258 e. The van der Waals surface area contributed by atoms with Crippen molar-refractivity contribution in [2.45, 2.75) is 68.2 Å². The number of carbonyl (C=O) groups is 2. The fourth-order valence-electron chi connectivity index (χ4n) is 5.40. The van der Waals surface area contributed by atoms with Gasteiger partial charge in [-0.2, -0.15) is 0 Å². The van der Waals surface area contributed by atoms with Crippen LogP contribution in [0.5, 0.6) is 5.75 Å². The Hall–Kier alpha value is -1.94. The van der Waals surface area contributed by atoms with E-state index < -0.39 is 28.9 Å². The molecule has 1 heterocycles. The molecule has 4 fully saturated rings. The number of fused-ring (bicyclic) bond motifs is 3. The van der Waals surface area contributed by atoms with Crippen LogP contribution in [0, 0.1) is 11.7 Å². The number of rotatable bonds is 7. The monoisotopic (exact) mass is 483 g/mol. The lowest BCUT2D eigenvalue weighted by Gasteiger charge is -2.56. The normalized spacial score (nSPS) is 33.4. The standard InChI is InChI=1S/C23H31ClFN3O5/c24-16-2-1-15(10-17(16)25)33-13-20(31)27-23-6-4-22(5-7-23,11-19(23)30)28-21(32)18-9-14(12-29)3-8-26-18/h1-2,10,14,18-19,26,29-30H,3-9,11-13H2,(H,27,31)(H,28,32)/t14?,18?,19-,22?,23?/m0/s1. The highest BCUT2D eigenvalue weighted by molar-refractivity contribution is 6.30. The van der Waals surface area contributed by atoms with Gasteiger partial charge in [-0.25, -0.2) is 4.39 Å². The van der Waals surface area contributed by atoms with Gasteiger partial charge in [-0.05, 0) is 69.5 Å². The van der Waals surface area contributed by atoms with Crippen LogP contribution in [-0.2, 0) is 9.59 Å². The lowest BCUT2D eigenvalue weighted by molar-refractivity contribution is -0.137. The van der Waals surface area contributed by atoms with Crippen molar-refractivity contribution in [2.24, 2.45) is 5.92 Å². The van der Waals surface area contributed by atoms with Gasteiger partial charge in [0.05, 0.1) is 22.7 Å². The number of ether oxygens (including phenoxy) is 1. The highest BCUT2D eigenvalue weighted by Crippen LogP contribution is 2.47. The number of benzene rings is 1. The summed E-state index contributed by atoms with van der Waals surface area (Å²) in [4.78, 5) is 25.4. The molecular weight excluding hydrogens is 453 g/mol. The molecule has 0 radical (unpaired) electrons. The summed E-state index contributed by atoms with van der Waals surface area (Å²) in [5.41, 5.74) is -1.25. The van der Waals surface area contributed by atoms with E-state index in [1.54, 1.807) is 0 Å². The fraction of sp³-hybridized carbons (Fsp3) is 0.652. The van der Waals surface area contributed by atoms with E-state index in [0.29, 0.717) is 45.1 Å². The molecule has 10 heteroatoms. The fourth-order valence-corrected chi connectivity index (χ4v) is 5.52. The number of halogens is 2. The van der Waals surface area contributed by atoms with E-state index >= 15 is 0 Å². The summed E-state index contributed by atoms with van der Waals surface area (Å²) in [5, 5.41) is 29.6. The van der Waals surface area contributed by atoms with Gasteiger partial charge in [-0.3, -0.25) is 9.59 Å². The Labute approximate surface area is 197 Å². The second-order valence-electron chi connectivity index (χ2n) is 9.64. The first-order chi connectivity index (χ1) is 15.7. The molecule has 1 aromatic rings. The van der Waals surface area contributed by atoms with Crippen LogP contribution in [0.4, 0.5) is 4.39 Å². The first-order valence-electron chi connectivity index (χ1n) is 11.5. The molecule has 5 rings (SSSR count). The van der Waals surface area contributed by atoms with E-state index in [0.717, 1.165) is 12.5 Å². The van der Waals surface area contributed by atoms with E-state index in [2.05, 4.69) is 16.0 Å². The number of piperidine rings is 1. The molecular formula is C23H31ClFN3O5. The van der Waals surface area contributed by atoms with Crippen LogP contribution in [0.1, 0.15) is 44.9 Å². The lowest BCUT2D eigenvalue weighted by Crippen LogP contribution is -2.71. The van der Waals surface area contributed by atoms with Crippen molar-refractivity contribution < 1.29 is 28.9 Å². The molecule has 2 amide bonds. The van der Waals surface area contributed by atoms with Gasteiger partial charge in [0.2, 0.25) is 5.91 Å². The van der Waals surface area contributed by atoms with Crippen molar-refractivity contribution in [1.82, 2.24) is 16.0 Å². The first kappa shape index (κ1) is 24.2. The van der Waals surface area contributed by atoms with Crippen molar-refractivity contribution in [3.05, 3.63) is 29.0 Å². The van der Waals surface area contributed by atoms with Crippen LogP contribution < -0.4 is 20.7 Å². The molecule has 0 aromatic heterocycles. The van der Waals surface area contributed by atoms with E-state index in [4.69, 9.17) is 16.3 Å². The third-order valence-electron chi connectivity index (χ3n) is 7.45.